The Morgan fingerprint density at radius 2 is 2.15 bits per heavy atom. The van der Waals surface area contributed by atoms with Crippen LogP contribution in [0.25, 0.3) is 11.4 Å². The van der Waals surface area contributed by atoms with E-state index in [0.717, 1.165) is 6.07 Å². The Morgan fingerprint density at radius 1 is 1.42 bits per heavy atom. The number of nitrogens with two attached hydrogens (primary N) is 1. The second-order valence-corrected chi connectivity index (χ2v) is 7.76. The van der Waals surface area contributed by atoms with Gasteiger partial charge in [-0.15, -0.1) is 5.10 Å². The number of aromatic amines is 1. The number of nitrogens with one attached hydrogen (secondary N) is 1. The summed E-state index contributed by atoms with van der Waals surface area (Å²) in [5, 5.41) is 28.1. The van der Waals surface area contributed by atoms with Gasteiger partial charge in [0.05, 0.1) is 11.7 Å². The summed E-state index contributed by atoms with van der Waals surface area (Å²) in [7, 11) is -4.53. The van der Waals surface area contributed by atoms with E-state index in [1.54, 1.807) is 4.90 Å². The summed E-state index contributed by atoms with van der Waals surface area (Å²) in [4.78, 5) is 0.972. The molecule has 2 heterocycles. The SMILES string of the molecule is CC(F)(F)c1ccc(N2CCC[C@@H](O)C2)c(-c2nnn[nH]2)c1S(N)(=O)=O. The monoisotopic (exact) mass is 388 g/mol. The minimum absolute atomic E-state index is 0.102. The molecule has 26 heavy (non-hydrogen) atoms. The topological polar surface area (TPSA) is 138 Å². The van der Waals surface area contributed by atoms with Gasteiger partial charge in [-0.25, -0.2) is 27.4 Å². The number of tetrazole rings is 1. The Morgan fingerprint density at radius 3 is 2.69 bits per heavy atom. The summed E-state index contributed by atoms with van der Waals surface area (Å²) in [6, 6.07) is 2.40. The predicted octanol–water partition coefficient (Wildman–Crippen LogP) is 0.587. The summed E-state index contributed by atoms with van der Waals surface area (Å²) < 4.78 is 52.6. The molecule has 9 nitrogen and oxygen atoms in total. The molecule has 0 aliphatic carbocycles. The largest absolute Gasteiger partial charge is 0.391 e. The standard InChI is InChI=1S/C14H18F2N6O3S/c1-14(15,16)9-4-5-10(22-6-2-3-8(23)7-22)11(12(9)26(17,24)25)13-18-20-21-19-13/h4-5,8,23H,2-3,6-7H2,1H3,(H2,17,24,25)(H,18,19,20,21)/t8-/m1/s1. The van der Waals surface area contributed by atoms with E-state index in [4.69, 9.17) is 5.14 Å². The predicted molar refractivity (Wildman–Crippen MR) is 88.0 cm³/mol. The van der Waals surface area contributed by atoms with Crippen LogP contribution in [0.4, 0.5) is 14.5 Å². The maximum Gasteiger partial charge on any atom is 0.271 e. The second-order valence-electron chi connectivity index (χ2n) is 6.26. The van der Waals surface area contributed by atoms with Gasteiger partial charge < -0.3 is 10.0 Å². The van der Waals surface area contributed by atoms with Gasteiger partial charge in [0.1, 0.15) is 4.90 Å². The number of hydrogen-bond acceptors (Lipinski definition) is 7. The van der Waals surface area contributed by atoms with Crippen LogP contribution < -0.4 is 10.0 Å². The Hall–Kier alpha value is -2.18. The van der Waals surface area contributed by atoms with E-state index >= 15 is 0 Å². The van der Waals surface area contributed by atoms with E-state index in [9.17, 15) is 22.3 Å². The number of alkyl halides is 2. The van der Waals surface area contributed by atoms with E-state index in [1.807, 2.05) is 0 Å². The maximum absolute atomic E-state index is 14.1. The van der Waals surface area contributed by atoms with Gasteiger partial charge in [0.2, 0.25) is 10.0 Å². The number of benzene rings is 1. The van der Waals surface area contributed by atoms with Gasteiger partial charge in [0, 0.05) is 31.3 Å². The van der Waals surface area contributed by atoms with Crippen LogP contribution in [0, 0.1) is 0 Å². The van der Waals surface area contributed by atoms with E-state index in [1.165, 1.54) is 6.07 Å². The van der Waals surface area contributed by atoms with Gasteiger partial charge in [-0.1, -0.05) is 0 Å². The van der Waals surface area contributed by atoms with Crippen molar-refractivity contribution in [2.75, 3.05) is 18.0 Å². The number of nitrogens with zero attached hydrogens (tertiary/aromatic N) is 4. The zero-order valence-corrected chi connectivity index (χ0v) is 14.7. The lowest BCUT2D eigenvalue weighted by atomic mass is 10.0. The summed E-state index contributed by atoms with van der Waals surface area (Å²) in [6.07, 6.45) is 0.642. The van der Waals surface area contributed by atoms with Gasteiger partial charge in [-0.2, -0.15) is 0 Å². The number of primary sulfonamides is 1. The van der Waals surface area contributed by atoms with Crippen LogP contribution in [0.5, 0.6) is 0 Å². The molecule has 0 spiro atoms. The second kappa shape index (κ2) is 6.52. The Balaban J connectivity index is 2.33. The summed E-state index contributed by atoms with van der Waals surface area (Å²) in [5.41, 5.74) is -0.572. The van der Waals surface area contributed by atoms with Crippen molar-refractivity contribution < 1.29 is 22.3 Å². The van der Waals surface area contributed by atoms with Crippen LogP contribution in [0.2, 0.25) is 0 Å². The number of halogens is 2. The third kappa shape index (κ3) is 3.52. The van der Waals surface area contributed by atoms with Crippen LogP contribution in [-0.2, 0) is 15.9 Å². The van der Waals surface area contributed by atoms with Crippen molar-refractivity contribution in [1.82, 2.24) is 20.6 Å². The third-order valence-corrected chi connectivity index (χ3v) is 5.21. The number of sulfonamides is 1. The number of β-amino-alcohol motifs (C(OH)–C–C–N with tert-alkyl or cyclic N) is 1. The molecule has 3 rings (SSSR count). The van der Waals surface area contributed by atoms with E-state index < -0.39 is 32.5 Å². The highest BCUT2D eigenvalue weighted by atomic mass is 32.2. The Labute approximate surface area is 148 Å². The molecule has 1 saturated heterocycles. The van der Waals surface area contributed by atoms with Crippen molar-refractivity contribution in [2.45, 2.75) is 36.7 Å². The van der Waals surface area contributed by atoms with Crippen molar-refractivity contribution in [1.29, 1.82) is 0 Å². The van der Waals surface area contributed by atoms with E-state index in [2.05, 4.69) is 20.6 Å². The van der Waals surface area contributed by atoms with Crippen LogP contribution in [0.15, 0.2) is 17.0 Å². The molecule has 0 unspecified atom stereocenters. The van der Waals surface area contributed by atoms with Crippen molar-refractivity contribution >= 4 is 15.7 Å². The van der Waals surface area contributed by atoms with Crippen LogP contribution in [0.3, 0.4) is 0 Å². The molecule has 4 N–H and O–H groups in total. The van der Waals surface area contributed by atoms with Gasteiger partial charge in [0.25, 0.3) is 5.92 Å². The number of aliphatic hydroxyl groups excluding tert-OH is 1. The number of aliphatic hydroxyl groups is 1. The molecule has 1 fully saturated rings. The number of H-pyrrole nitrogens is 1. The fourth-order valence-electron chi connectivity index (χ4n) is 3.14. The van der Waals surface area contributed by atoms with Gasteiger partial charge in [0.15, 0.2) is 5.82 Å². The lowest BCUT2D eigenvalue weighted by molar-refractivity contribution is 0.0145. The first-order valence-electron chi connectivity index (χ1n) is 7.84. The number of hydrogen-bond donors (Lipinski definition) is 3. The fraction of sp³-hybridized carbons (Fsp3) is 0.500. The summed E-state index contributed by atoms with van der Waals surface area (Å²) in [6.45, 7) is 1.32. The number of aromatic nitrogens is 4. The molecule has 0 radical (unpaired) electrons. The van der Waals surface area contributed by atoms with Gasteiger partial charge in [-0.3, -0.25) is 0 Å². The van der Waals surface area contributed by atoms with Crippen LogP contribution >= 0.6 is 0 Å². The molecule has 0 saturated carbocycles. The molecule has 0 bridgehead atoms. The average Bonchev–Trinajstić information content (AvgIpc) is 3.06. The minimum atomic E-state index is -4.53. The number of anilines is 1. The number of rotatable bonds is 4. The summed E-state index contributed by atoms with van der Waals surface area (Å²) in [5.74, 6) is -3.56. The van der Waals surface area contributed by atoms with Crippen LogP contribution in [0.1, 0.15) is 25.3 Å². The first-order valence-corrected chi connectivity index (χ1v) is 9.39. The highest BCUT2D eigenvalue weighted by molar-refractivity contribution is 7.89. The van der Waals surface area contributed by atoms with Crippen molar-refractivity contribution in [3.8, 4) is 11.4 Å². The molecule has 12 heteroatoms. The molecular formula is C14H18F2N6O3S. The minimum Gasteiger partial charge on any atom is -0.391 e. The van der Waals surface area contributed by atoms with Gasteiger partial charge >= 0.3 is 0 Å². The smallest absolute Gasteiger partial charge is 0.271 e. The van der Waals surface area contributed by atoms with Crippen molar-refractivity contribution in [3.63, 3.8) is 0 Å². The molecule has 1 atom stereocenters. The lowest BCUT2D eigenvalue weighted by Gasteiger charge is -2.34. The highest BCUT2D eigenvalue weighted by Crippen LogP contribution is 2.42. The molecular weight excluding hydrogens is 370 g/mol. The Bertz CT molecular complexity index is 898. The van der Waals surface area contributed by atoms with Gasteiger partial charge in [-0.05, 0) is 35.4 Å². The first-order chi connectivity index (χ1) is 12.1. The Kier molecular flexibility index (Phi) is 4.67. The zero-order valence-electron chi connectivity index (χ0n) is 13.9. The molecule has 0 amide bonds. The molecule has 2 aromatic rings. The zero-order chi connectivity index (χ0) is 19.1. The third-order valence-electron chi connectivity index (χ3n) is 4.21. The van der Waals surface area contributed by atoms with Crippen LogP contribution in [-0.4, -0.2) is 53.3 Å². The maximum atomic E-state index is 14.1. The molecule has 1 aliphatic heterocycles. The van der Waals surface area contributed by atoms with E-state index in [0.29, 0.717) is 32.0 Å². The van der Waals surface area contributed by atoms with E-state index in [-0.39, 0.29) is 17.9 Å². The van der Waals surface area contributed by atoms with Crippen molar-refractivity contribution in [3.05, 3.63) is 17.7 Å². The normalized spacial score (nSPS) is 19.0. The average molecular weight is 388 g/mol. The quantitative estimate of drug-likeness (QED) is 0.697. The first kappa shape index (κ1) is 18.6. The number of piperidine rings is 1. The lowest BCUT2D eigenvalue weighted by Crippen LogP contribution is -2.39. The molecule has 1 aliphatic rings. The molecule has 142 valence electrons. The fourth-order valence-corrected chi connectivity index (χ4v) is 4.18. The molecule has 1 aromatic carbocycles. The highest BCUT2D eigenvalue weighted by Gasteiger charge is 2.37. The molecule has 1 aromatic heterocycles. The summed E-state index contributed by atoms with van der Waals surface area (Å²) >= 11 is 0. The van der Waals surface area contributed by atoms with Crippen molar-refractivity contribution in [2.24, 2.45) is 5.14 Å².